The van der Waals surface area contributed by atoms with Gasteiger partial charge in [0.2, 0.25) is 0 Å². The quantitative estimate of drug-likeness (QED) is 0.437. The summed E-state index contributed by atoms with van der Waals surface area (Å²) < 4.78 is 19.6. The van der Waals surface area contributed by atoms with Crippen molar-refractivity contribution in [3.63, 3.8) is 0 Å². The molecule has 7 heteroatoms. The Balaban J connectivity index is 0.00000243. The molecule has 1 aromatic carbocycles. The SMILES string of the molecule is CCNCC#Cc1c(F)ccc2c1C(=Cc1[nH]ccc1OC)C(=O)N2.Cl. The average Bonchev–Trinajstić information content (AvgIpc) is 3.18. The van der Waals surface area contributed by atoms with Crippen molar-refractivity contribution >= 4 is 35.7 Å². The molecule has 0 bridgehead atoms. The van der Waals surface area contributed by atoms with Gasteiger partial charge >= 0.3 is 0 Å². The van der Waals surface area contributed by atoms with Crippen LogP contribution >= 0.6 is 12.4 Å². The van der Waals surface area contributed by atoms with Gasteiger partial charge in [0.25, 0.3) is 5.91 Å². The van der Waals surface area contributed by atoms with Crippen molar-refractivity contribution in [1.29, 1.82) is 0 Å². The van der Waals surface area contributed by atoms with Crippen LogP contribution in [0.2, 0.25) is 0 Å². The number of aromatic amines is 1. The number of methoxy groups -OCH3 is 1. The second kappa shape index (κ2) is 8.56. The van der Waals surface area contributed by atoms with Crippen molar-refractivity contribution in [2.75, 3.05) is 25.5 Å². The monoisotopic (exact) mass is 375 g/mol. The summed E-state index contributed by atoms with van der Waals surface area (Å²) >= 11 is 0. The number of aromatic nitrogens is 1. The van der Waals surface area contributed by atoms with Gasteiger partial charge in [-0.1, -0.05) is 18.8 Å². The van der Waals surface area contributed by atoms with Crippen molar-refractivity contribution in [1.82, 2.24) is 10.3 Å². The van der Waals surface area contributed by atoms with Gasteiger partial charge in [-0.05, 0) is 30.8 Å². The fraction of sp³-hybridized carbons (Fsp3) is 0.211. The highest BCUT2D eigenvalue weighted by molar-refractivity contribution is 6.35. The van der Waals surface area contributed by atoms with Crippen LogP contribution in [0.25, 0.3) is 11.6 Å². The standard InChI is InChI=1S/C19H18FN3O2.ClH/c1-3-21-9-4-5-12-14(20)6-7-15-18(12)13(19(24)23-15)11-16-17(25-2)8-10-22-16;/h6-8,10-11,21-22H,3,9H2,1-2H3,(H,23,24);1H. The predicted molar refractivity (Wildman–Crippen MR) is 103 cm³/mol. The summed E-state index contributed by atoms with van der Waals surface area (Å²) in [4.78, 5) is 15.4. The lowest BCUT2D eigenvalue weighted by molar-refractivity contribution is -0.110. The van der Waals surface area contributed by atoms with Crippen molar-refractivity contribution < 1.29 is 13.9 Å². The zero-order chi connectivity index (χ0) is 17.8. The van der Waals surface area contributed by atoms with Gasteiger partial charge in [0, 0.05) is 11.8 Å². The zero-order valence-electron chi connectivity index (χ0n) is 14.4. The molecule has 1 amide bonds. The number of hydrogen-bond acceptors (Lipinski definition) is 3. The van der Waals surface area contributed by atoms with Crippen molar-refractivity contribution in [3.05, 3.63) is 47.0 Å². The Morgan fingerprint density at radius 2 is 2.15 bits per heavy atom. The molecule has 0 spiro atoms. The lowest BCUT2D eigenvalue weighted by Gasteiger charge is -2.05. The summed E-state index contributed by atoms with van der Waals surface area (Å²) in [5.41, 5.74) is 2.23. The van der Waals surface area contributed by atoms with Gasteiger partial charge < -0.3 is 20.4 Å². The number of anilines is 1. The maximum absolute atomic E-state index is 14.4. The Morgan fingerprint density at radius 1 is 1.35 bits per heavy atom. The number of hydrogen-bond donors (Lipinski definition) is 3. The fourth-order valence-corrected chi connectivity index (χ4v) is 2.65. The molecule has 1 aliphatic heterocycles. The minimum atomic E-state index is -0.455. The number of halogens is 2. The van der Waals surface area contributed by atoms with E-state index in [1.807, 2.05) is 6.92 Å². The van der Waals surface area contributed by atoms with Crippen LogP contribution in [0, 0.1) is 17.7 Å². The number of rotatable bonds is 4. The number of carbonyl (C=O) groups excluding carboxylic acids is 1. The molecule has 0 unspecified atom stereocenters. The second-order valence-corrected chi connectivity index (χ2v) is 5.40. The molecular weight excluding hydrogens is 357 g/mol. The molecule has 3 N–H and O–H groups in total. The Morgan fingerprint density at radius 3 is 2.88 bits per heavy atom. The maximum atomic E-state index is 14.4. The van der Waals surface area contributed by atoms with Gasteiger partial charge in [-0.2, -0.15) is 0 Å². The number of ether oxygens (including phenoxy) is 1. The summed E-state index contributed by atoms with van der Waals surface area (Å²) in [7, 11) is 1.55. The molecule has 1 aliphatic rings. The van der Waals surface area contributed by atoms with Crippen molar-refractivity contribution in [2.45, 2.75) is 6.92 Å². The van der Waals surface area contributed by atoms with Crippen molar-refractivity contribution in [3.8, 4) is 17.6 Å². The van der Waals surface area contributed by atoms with Crippen LogP contribution in [-0.4, -0.2) is 31.1 Å². The molecular formula is C19H19ClFN3O2. The van der Waals surface area contributed by atoms with E-state index in [9.17, 15) is 9.18 Å². The topological polar surface area (TPSA) is 66.1 Å². The highest BCUT2D eigenvalue weighted by Gasteiger charge is 2.28. The van der Waals surface area contributed by atoms with Crippen LogP contribution in [0.4, 0.5) is 10.1 Å². The van der Waals surface area contributed by atoms with E-state index < -0.39 is 5.82 Å². The van der Waals surface area contributed by atoms with Crippen LogP contribution in [0.1, 0.15) is 23.7 Å². The van der Waals surface area contributed by atoms with Gasteiger partial charge in [0.15, 0.2) is 0 Å². The molecule has 136 valence electrons. The first-order chi connectivity index (χ1) is 12.2. The smallest absolute Gasteiger partial charge is 0.256 e. The molecule has 1 aromatic heterocycles. The summed E-state index contributed by atoms with van der Waals surface area (Å²) in [6.45, 7) is 3.20. The largest absolute Gasteiger partial charge is 0.495 e. The second-order valence-electron chi connectivity index (χ2n) is 5.40. The fourth-order valence-electron chi connectivity index (χ4n) is 2.65. The Bertz CT molecular complexity index is 909. The van der Waals surface area contributed by atoms with E-state index >= 15 is 0 Å². The normalized spacial score (nSPS) is 13.5. The van der Waals surface area contributed by atoms with Gasteiger partial charge in [-0.3, -0.25) is 4.79 Å². The molecule has 2 aromatic rings. The first-order valence-electron chi connectivity index (χ1n) is 7.92. The Hall–Kier alpha value is -2.75. The molecule has 0 saturated heterocycles. The highest BCUT2D eigenvalue weighted by atomic mass is 35.5. The van der Waals surface area contributed by atoms with Crippen LogP contribution < -0.4 is 15.4 Å². The van der Waals surface area contributed by atoms with Gasteiger partial charge in [0.1, 0.15) is 11.6 Å². The summed E-state index contributed by atoms with van der Waals surface area (Å²) in [6, 6.07) is 4.61. The van der Waals surface area contributed by atoms with E-state index in [-0.39, 0.29) is 23.9 Å². The molecule has 0 atom stereocenters. The summed E-state index contributed by atoms with van der Waals surface area (Å²) in [5.74, 6) is 5.58. The van der Waals surface area contributed by atoms with Gasteiger partial charge in [-0.25, -0.2) is 4.39 Å². The minimum absolute atomic E-state index is 0. The number of H-pyrrole nitrogens is 1. The lowest BCUT2D eigenvalue weighted by atomic mass is 9.99. The van der Waals surface area contributed by atoms with E-state index in [2.05, 4.69) is 27.5 Å². The number of fused-ring (bicyclic) bond motifs is 1. The molecule has 2 heterocycles. The third kappa shape index (κ3) is 3.74. The molecule has 0 saturated carbocycles. The number of carbonyl (C=O) groups is 1. The molecule has 5 nitrogen and oxygen atoms in total. The number of benzene rings is 1. The van der Waals surface area contributed by atoms with Crippen LogP contribution in [0.15, 0.2) is 24.4 Å². The van der Waals surface area contributed by atoms with Gasteiger partial charge in [-0.15, -0.1) is 12.4 Å². The van der Waals surface area contributed by atoms with E-state index in [1.54, 1.807) is 31.5 Å². The number of amides is 1. The predicted octanol–water partition coefficient (Wildman–Crippen LogP) is 3.04. The molecule has 26 heavy (non-hydrogen) atoms. The van der Waals surface area contributed by atoms with Crippen LogP contribution in [0.3, 0.4) is 0 Å². The first kappa shape index (κ1) is 19.6. The average molecular weight is 376 g/mol. The van der Waals surface area contributed by atoms with E-state index in [1.165, 1.54) is 6.07 Å². The van der Waals surface area contributed by atoms with Crippen molar-refractivity contribution in [2.24, 2.45) is 0 Å². The molecule has 0 aliphatic carbocycles. The van der Waals surface area contributed by atoms with E-state index in [0.717, 1.165) is 6.54 Å². The molecule has 0 fully saturated rings. The van der Waals surface area contributed by atoms with E-state index in [4.69, 9.17) is 4.74 Å². The van der Waals surface area contributed by atoms with Gasteiger partial charge in [0.05, 0.1) is 36.2 Å². The third-order valence-electron chi connectivity index (χ3n) is 3.84. The Labute approximate surface area is 157 Å². The van der Waals surface area contributed by atoms with E-state index in [0.29, 0.717) is 34.8 Å². The number of nitrogens with one attached hydrogen (secondary N) is 3. The first-order valence-corrected chi connectivity index (χ1v) is 7.92. The van der Waals surface area contributed by atoms with Crippen LogP contribution in [-0.2, 0) is 4.79 Å². The highest BCUT2D eigenvalue weighted by Crippen LogP contribution is 2.37. The minimum Gasteiger partial charge on any atom is -0.495 e. The third-order valence-corrected chi connectivity index (χ3v) is 3.84. The summed E-state index contributed by atoms with van der Waals surface area (Å²) in [5, 5.41) is 5.82. The maximum Gasteiger partial charge on any atom is 0.256 e. The Kier molecular flexibility index (Phi) is 6.45. The zero-order valence-corrected chi connectivity index (χ0v) is 15.2. The lowest BCUT2D eigenvalue weighted by Crippen LogP contribution is -2.12. The van der Waals surface area contributed by atoms with Crippen LogP contribution in [0.5, 0.6) is 5.75 Å². The summed E-state index contributed by atoms with van der Waals surface area (Å²) in [6.07, 6.45) is 3.36. The molecule has 3 rings (SSSR count). The molecule has 0 radical (unpaired) electrons.